The maximum Gasteiger partial charge on any atom is 0.233 e. The molecule has 2 heterocycles. The van der Waals surface area contributed by atoms with Crippen molar-refractivity contribution in [2.75, 3.05) is 17.3 Å². The first-order valence-electron chi connectivity index (χ1n) is 11.4. The zero-order valence-corrected chi connectivity index (χ0v) is 19.8. The molecule has 0 amide bonds. The Morgan fingerprint density at radius 1 is 1.00 bits per heavy atom. The Hall–Kier alpha value is -4.37. The summed E-state index contributed by atoms with van der Waals surface area (Å²) in [6.45, 7) is 2.62. The summed E-state index contributed by atoms with van der Waals surface area (Å²) in [6, 6.07) is 21.9. The molecule has 2 aromatic carbocycles. The molecule has 4 rings (SSSR count). The van der Waals surface area contributed by atoms with Gasteiger partial charge in [0.2, 0.25) is 11.9 Å². The average Bonchev–Trinajstić information content (AvgIpc) is 2.89. The number of nitrogens with zero attached hydrogens (tertiary/aromatic N) is 6. The highest BCUT2D eigenvalue weighted by atomic mass is 15.3. The minimum absolute atomic E-state index is 0.117. The van der Waals surface area contributed by atoms with Crippen molar-refractivity contribution in [1.82, 2.24) is 19.9 Å². The van der Waals surface area contributed by atoms with Crippen LogP contribution < -0.4 is 21.7 Å². The van der Waals surface area contributed by atoms with Gasteiger partial charge in [0.25, 0.3) is 0 Å². The Balaban J connectivity index is 1.55. The summed E-state index contributed by atoms with van der Waals surface area (Å²) in [5, 5.41) is 3.38. The Labute approximate surface area is 205 Å². The van der Waals surface area contributed by atoms with Crippen molar-refractivity contribution in [2.45, 2.75) is 25.9 Å². The second kappa shape index (κ2) is 11.2. The number of aliphatic imine (C=N–C) groups is 1. The molecule has 0 aliphatic heterocycles. The number of hydrogen-bond acceptors (Lipinski definition) is 8. The molecule has 0 aliphatic carbocycles. The molecule has 5 N–H and O–H groups in total. The number of hydrogen-bond donors (Lipinski definition) is 3. The molecule has 1 unspecified atom stereocenters. The fraction of sp³-hybridized carbons (Fsp3) is 0.192. The number of rotatable bonds is 9. The van der Waals surface area contributed by atoms with Gasteiger partial charge in [-0.2, -0.15) is 9.97 Å². The van der Waals surface area contributed by atoms with E-state index in [1.54, 1.807) is 17.2 Å². The van der Waals surface area contributed by atoms with Crippen molar-refractivity contribution in [3.05, 3.63) is 84.1 Å². The first-order valence-corrected chi connectivity index (χ1v) is 11.4. The second-order valence-electron chi connectivity index (χ2n) is 8.13. The van der Waals surface area contributed by atoms with Gasteiger partial charge in [0.1, 0.15) is 5.82 Å². The summed E-state index contributed by atoms with van der Waals surface area (Å²) in [5.74, 6) is 2.08. The van der Waals surface area contributed by atoms with Crippen molar-refractivity contribution in [1.29, 1.82) is 0 Å². The van der Waals surface area contributed by atoms with Crippen LogP contribution in [0, 0.1) is 0 Å². The van der Waals surface area contributed by atoms with E-state index in [4.69, 9.17) is 16.5 Å². The van der Waals surface area contributed by atoms with Crippen LogP contribution in [-0.4, -0.2) is 39.4 Å². The molecule has 0 bridgehead atoms. The lowest BCUT2D eigenvalue weighted by atomic mass is 10.0. The van der Waals surface area contributed by atoms with E-state index >= 15 is 0 Å². The number of aromatic nitrogens is 4. The fourth-order valence-electron chi connectivity index (χ4n) is 3.69. The zero-order valence-electron chi connectivity index (χ0n) is 19.8. The SMILES string of the molecule is CC(Cc1cccc(CN)c1)Nc1nccc(N(C)c2nc(N=CN)cc(-c3ccccc3)n2)n1. The van der Waals surface area contributed by atoms with E-state index in [-0.39, 0.29) is 6.04 Å². The van der Waals surface area contributed by atoms with Crippen LogP contribution in [0.4, 0.5) is 23.5 Å². The van der Waals surface area contributed by atoms with Crippen molar-refractivity contribution < 1.29 is 0 Å². The highest BCUT2D eigenvalue weighted by Crippen LogP contribution is 2.26. The van der Waals surface area contributed by atoms with Crippen LogP contribution >= 0.6 is 0 Å². The summed E-state index contributed by atoms with van der Waals surface area (Å²) >= 11 is 0. The Bertz CT molecular complexity index is 1290. The van der Waals surface area contributed by atoms with Gasteiger partial charge < -0.3 is 16.8 Å². The van der Waals surface area contributed by atoms with Crippen LogP contribution in [-0.2, 0) is 13.0 Å². The molecule has 4 aromatic rings. The van der Waals surface area contributed by atoms with Gasteiger partial charge in [-0.05, 0) is 30.5 Å². The van der Waals surface area contributed by atoms with Gasteiger partial charge in [-0.25, -0.2) is 15.0 Å². The highest BCUT2D eigenvalue weighted by Gasteiger charge is 2.14. The van der Waals surface area contributed by atoms with Crippen LogP contribution in [0.15, 0.2) is 77.9 Å². The summed E-state index contributed by atoms with van der Waals surface area (Å²) in [6.07, 6.45) is 3.75. The Morgan fingerprint density at radius 2 is 1.80 bits per heavy atom. The predicted octanol–water partition coefficient (Wildman–Crippen LogP) is 3.82. The number of nitrogens with two attached hydrogens (primary N) is 2. The first kappa shape index (κ1) is 23.8. The number of anilines is 3. The molecule has 0 aliphatic rings. The molecule has 0 saturated heterocycles. The van der Waals surface area contributed by atoms with Crippen molar-refractivity contribution in [2.24, 2.45) is 16.5 Å². The highest BCUT2D eigenvalue weighted by molar-refractivity contribution is 5.67. The van der Waals surface area contributed by atoms with Gasteiger partial charge in [0, 0.05) is 37.5 Å². The molecule has 178 valence electrons. The van der Waals surface area contributed by atoms with Crippen LogP contribution in [0.25, 0.3) is 11.3 Å². The zero-order chi connectivity index (χ0) is 24.6. The Morgan fingerprint density at radius 3 is 2.57 bits per heavy atom. The third-order valence-electron chi connectivity index (χ3n) is 5.41. The molecule has 0 saturated carbocycles. The van der Waals surface area contributed by atoms with Gasteiger partial charge >= 0.3 is 0 Å². The van der Waals surface area contributed by atoms with Crippen LogP contribution in [0.1, 0.15) is 18.1 Å². The summed E-state index contributed by atoms with van der Waals surface area (Å²) in [4.78, 5) is 24.3. The van der Waals surface area contributed by atoms with Gasteiger partial charge in [-0.1, -0.05) is 54.6 Å². The first-order chi connectivity index (χ1) is 17.1. The lowest BCUT2D eigenvalue weighted by Gasteiger charge is -2.19. The van der Waals surface area contributed by atoms with E-state index in [0.717, 1.165) is 23.2 Å². The van der Waals surface area contributed by atoms with E-state index in [1.807, 2.05) is 55.6 Å². The smallest absolute Gasteiger partial charge is 0.233 e. The molecule has 0 spiro atoms. The van der Waals surface area contributed by atoms with Gasteiger partial charge in [-0.15, -0.1) is 0 Å². The topological polar surface area (TPSA) is 131 Å². The fourth-order valence-corrected chi connectivity index (χ4v) is 3.69. The maximum atomic E-state index is 5.77. The van der Waals surface area contributed by atoms with Crippen molar-refractivity contribution >= 4 is 29.9 Å². The molecule has 1 atom stereocenters. The van der Waals surface area contributed by atoms with E-state index < -0.39 is 0 Å². The van der Waals surface area contributed by atoms with E-state index in [1.165, 1.54) is 11.9 Å². The molecule has 0 radical (unpaired) electrons. The van der Waals surface area contributed by atoms with E-state index in [2.05, 4.69) is 44.3 Å². The molecule has 35 heavy (non-hydrogen) atoms. The summed E-state index contributed by atoms with van der Waals surface area (Å²) in [5.41, 5.74) is 15.3. The third-order valence-corrected chi connectivity index (χ3v) is 5.41. The number of nitrogens with one attached hydrogen (secondary N) is 1. The predicted molar refractivity (Wildman–Crippen MR) is 141 cm³/mol. The monoisotopic (exact) mass is 467 g/mol. The molecule has 2 aromatic heterocycles. The maximum absolute atomic E-state index is 5.77. The van der Waals surface area contributed by atoms with Crippen LogP contribution in [0.3, 0.4) is 0 Å². The third kappa shape index (κ3) is 6.15. The molecule has 0 fully saturated rings. The summed E-state index contributed by atoms with van der Waals surface area (Å²) in [7, 11) is 1.86. The van der Waals surface area contributed by atoms with Crippen LogP contribution in [0.5, 0.6) is 0 Å². The molecule has 9 nitrogen and oxygen atoms in total. The largest absolute Gasteiger partial charge is 0.390 e. The standard InChI is InChI=1S/C26H29N9/c1-18(13-19-7-6-8-20(14-19)16-27)31-25-29-12-11-24(34-25)35(2)26-32-22(15-23(33-26)30-17-28)21-9-4-3-5-10-21/h3-12,14-15,17-18H,13,16,27H2,1-2H3,(H,29,31,34)(H2,28,30,32,33). The minimum atomic E-state index is 0.117. The van der Waals surface area contributed by atoms with Crippen molar-refractivity contribution in [3.8, 4) is 11.3 Å². The quantitative estimate of drug-likeness (QED) is 0.250. The lowest BCUT2D eigenvalue weighted by molar-refractivity contribution is 0.775. The molecule has 9 heteroatoms. The van der Waals surface area contributed by atoms with Gasteiger partial charge in [-0.3, -0.25) is 4.90 Å². The number of benzene rings is 2. The van der Waals surface area contributed by atoms with E-state index in [0.29, 0.717) is 30.1 Å². The summed E-state index contributed by atoms with van der Waals surface area (Å²) < 4.78 is 0. The lowest BCUT2D eigenvalue weighted by Crippen LogP contribution is -2.21. The van der Waals surface area contributed by atoms with Crippen LogP contribution in [0.2, 0.25) is 0 Å². The van der Waals surface area contributed by atoms with Gasteiger partial charge in [0.15, 0.2) is 5.82 Å². The van der Waals surface area contributed by atoms with E-state index in [9.17, 15) is 0 Å². The molecular formula is C26H29N9. The second-order valence-corrected chi connectivity index (χ2v) is 8.13. The van der Waals surface area contributed by atoms with Crippen molar-refractivity contribution in [3.63, 3.8) is 0 Å². The normalized spacial score (nSPS) is 12.0. The Kier molecular flexibility index (Phi) is 7.59. The minimum Gasteiger partial charge on any atom is -0.390 e. The average molecular weight is 468 g/mol. The molecular weight excluding hydrogens is 438 g/mol. The van der Waals surface area contributed by atoms with Gasteiger partial charge in [0.05, 0.1) is 12.0 Å².